The van der Waals surface area contributed by atoms with E-state index in [1.807, 2.05) is 0 Å². The Morgan fingerprint density at radius 1 is 0.412 bits per heavy atom. The topological polar surface area (TPSA) is 230 Å². The Hall–Kier alpha value is -0.532. The molecule has 0 spiro atoms. The Bertz CT molecular complexity index is 159. The van der Waals surface area contributed by atoms with Gasteiger partial charge in [0.05, 0.1) is 0 Å². The molecule has 0 aliphatic heterocycles. The summed E-state index contributed by atoms with van der Waals surface area (Å²) >= 11 is 0. The molecule has 0 rings (SSSR count). The predicted octanol–water partition coefficient (Wildman–Crippen LogP) is -7.10. The SMILES string of the molecule is O=[Si](O)O.O=[Si](O)O.O=[Si](O)O.O=[Si](O)O.[NaH]. The molecule has 0 saturated heterocycles. The van der Waals surface area contributed by atoms with E-state index in [1.165, 1.54) is 0 Å². The van der Waals surface area contributed by atoms with Gasteiger partial charge in [0.2, 0.25) is 0 Å². The van der Waals surface area contributed by atoms with E-state index in [0.29, 0.717) is 0 Å². The molecule has 98 valence electrons. The van der Waals surface area contributed by atoms with Gasteiger partial charge >= 0.3 is 66.2 Å². The molecule has 0 radical (unpaired) electrons. The molecule has 0 bridgehead atoms. The van der Waals surface area contributed by atoms with E-state index >= 15 is 0 Å². The van der Waals surface area contributed by atoms with Crippen LogP contribution in [-0.4, -0.2) is 105 Å². The normalized spacial score (nSPS) is 5.65. The van der Waals surface area contributed by atoms with E-state index in [2.05, 4.69) is 0 Å². The zero-order valence-electron chi connectivity index (χ0n) is 7.21. The first-order valence-electron chi connectivity index (χ1n) is 2.61. The van der Waals surface area contributed by atoms with Crippen molar-refractivity contribution in [1.29, 1.82) is 0 Å². The van der Waals surface area contributed by atoms with Crippen molar-refractivity contribution in [3.05, 3.63) is 0 Å². The molecule has 17 heavy (non-hydrogen) atoms. The van der Waals surface area contributed by atoms with Gasteiger partial charge in [-0.05, 0) is 0 Å². The maximum atomic E-state index is 8.74. The van der Waals surface area contributed by atoms with Gasteiger partial charge in [0, 0.05) is 0 Å². The van der Waals surface area contributed by atoms with Gasteiger partial charge in [-0.25, -0.2) is 0 Å². The van der Waals surface area contributed by atoms with Gasteiger partial charge in [-0.15, -0.1) is 0 Å². The average molecular weight is 336 g/mol. The fraction of sp³-hybridized carbons (Fsp3) is 0. The Labute approximate surface area is 122 Å². The van der Waals surface area contributed by atoms with E-state index in [-0.39, 0.29) is 29.6 Å². The van der Waals surface area contributed by atoms with Crippen molar-refractivity contribution in [2.45, 2.75) is 0 Å². The molecule has 0 unspecified atom stereocenters. The summed E-state index contributed by atoms with van der Waals surface area (Å²) in [6, 6.07) is 0. The second kappa shape index (κ2) is 24.6. The molecule has 0 amide bonds. The molecule has 0 fully saturated rings. The van der Waals surface area contributed by atoms with Crippen molar-refractivity contribution in [1.82, 2.24) is 0 Å². The molecule has 0 aromatic rings. The van der Waals surface area contributed by atoms with Crippen molar-refractivity contribution in [3.8, 4) is 0 Å². The number of rotatable bonds is 0. The molecule has 0 atom stereocenters. The van der Waals surface area contributed by atoms with Gasteiger partial charge in [0.25, 0.3) is 0 Å². The fourth-order valence-electron chi connectivity index (χ4n) is 0. The van der Waals surface area contributed by atoms with Crippen LogP contribution >= 0.6 is 0 Å². The van der Waals surface area contributed by atoms with Gasteiger partial charge in [-0.3, -0.25) is 17.8 Å². The third kappa shape index (κ3) is 9890. The molecular formula is H9NaO12Si4. The Balaban J connectivity index is -0.0000000369. The second-order valence-corrected chi connectivity index (χ2v) is 3.39. The zero-order chi connectivity index (χ0) is 14.3. The van der Waals surface area contributed by atoms with Crippen LogP contribution in [0.25, 0.3) is 0 Å². The van der Waals surface area contributed by atoms with Crippen molar-refractivity contribution < 1.29 is 56.2 Å². The zero-order valence-corrected chi connectivity index (χ0v) is 11.2. The maximum absolute atomic E-state index is 8.74. The predicted molar refractivity (Wildman–Crippen MR) is 50.7 cm³/mol. The number of hydrogen-bond acceptors (Lipinski definition) is 4. The molecule has 8 N–H and O–H groups in total. The summed E-state index contributed by atoms with van der Waals surface area (Å²) in [6.07, 6.45) is 0. The molecule has 0 saturated carbocycles. The van der Waals surface area contributed by atoms with E-state index in [1.54, 1.807) is 0 Å². The summed E-state index contributed by atoms with van der Waals surface area (Å²) < 4.78 is 35.0. The molecule has 17 heteroatoms. The van der Waals surface area contributed by atoms with Crippen LogP contribution in [-0.2, 0) is 17.8 Å². The summed E-state index contributed by atoms with van der Waals surface area (Å²) in [7, 11) is -12.5. The van der Waals surface area contributed by atoms with Crippen molar-refractivity contribution >= 4 is 66.2 Å². The minimum atomic E-state index is -3.13. The summed E-state index contributed by atoms with van der Waals surface area (Å²) in [5.74, 6) is 0. The van der Waals surface area contributed by atoms with Gasteiger partial charge in [0.15, 0.2) is 0 Å². The molecular weight excluding hydrogens is 327 g/mol. The average Bonchev–Trinajstić information content (AvgIpc) is 1.76. The summed E-state index contributed by atoms with van der Waals surface area (Å²) in [5, 5.41) is 0. The van der Waals surface area contributed by atoms with E-state index in [0.717, 1.165) is 0 Å². The van der Waals surface area contributed by atoms with E-state index < -0.39 is 36.7 Å². The first-order valence-corrected chi connectivity index (χ1v) is 7.82. The van der Waals surface area contributed by atoms with Crippen LogP contribution in [0.3, 0.4) is 0 Å². The third-order valence-electron chi connectivity index (χ3n) is 0. The first kappa shape index (κ1) is 30.0. The van der Waals surface area contributed by atoms with Crippen LogP contribution < -0.4 is 0 Å². The molecule has 0 aliphatic rings. The monoisotopic (exact) mass is 336 g/mol. The second-order valence-electron chi connectivity index (χ2n) is 1.13. The van der Waals surface area contributed by atoms with Crippen LogP contribution in [0.5, 0.6) is 0 Å². The molecule has 0 heterocycles. The van der Waals surface area contributed by atoms with Gasteiger partial charge in [0.1, 0.15) is 0 Å². The van der Waals surface area contributed by atoms with Crippen LogP contribution in [0.15, 0.2) is 0 Å². The molecule has 0 aromatic heterocycles. The van der Waals surface area contributed by atoms with Crippen LogP contribution in [0.2, 0.25) is 0 Å². The Morgan fingerprint density at radius 3 is 0.412 bits per heavy atom. The molecule has 12 nitrogen and oxygen atoms in total. The summed E-state index contributed by atoms with van der Waals surface area (Å²) in [6.45, 7) is 0. The van der Waals surface area contributed by atoms with Crippen molar-refractivity contribution in [2.75, 3.05) is 0 Å². The van der Waals surface area contributed by atoms with Crippen LogP contribution in [0, 0.1) is 0 Å². The van der Waals surface area contributed by atoms with E-state index in [9.17, 15) is 0 Å². The Morgan fingerprint density at radius 2 is 0.412 bits per heavy atom. The van der Waals surface area contributed by atoms with Gasteiger partial charge in [-0.1, -0.05) is 0 Å². The van der Waals surface area contributed by atoms with Crippen molar-refractivity contribution in [2.24, 2.45) is 0 Å². The molecule has 0 aromatic carbocycles. The standard InChI is InChI=1S/Na.4H2O3Si.H/c;4*1-4(2)3;/h;4*1-2H;. The first-order chi connectivity index (χ1) is 6.93. The third-order valence-corrected chi connectivity index (χ3v) is 0. The molecule has 0 aliphatic carbocycles. The Kier molecular flexibility index (Phi) is 43.4. The number of hydrogen-bond donors (Lipinski definition) is 8. The van der Waals surface area contributed by atoms with Crippen LogP contribution in [0.4, 0.5) is 0 Å². The van der Waals surface area contributed by atoms with Gasteiger partial charge < -0.3 is 38.4 Å². The summed E-state index contributed by atoms with van der Waals surface area (Å²) in [4.78, 5) is 57.3. The van der Waals surface area contributed by atoms with E-state index in [4.69, 9.17) is 56.2 Å². The summed E-state index contributed by atoms with van der Waals surface area (Å²) in [5.41, 5.74) is 0. The van der Waals surface area contributed by atoms with Gasteiger partial charge in [-0.2, -0.15) is 0 Å². The minimum absolute atomic E-state index is 0. The van der Waals surface area contributed by atoms with Crippen LogP contribution in [0.1, 0.15) is 0 Å². The fourth-order valence-corrected chi connectivity index (χ4v) is 0. The van der Waals surface area contributed by atoms with Crippen molar-refractivity contribution in [3.63, 3.8) is 0 Å². The quantitative estimate of drug-likeness (QED) is 0.193.